The van der Waals surface area contributed by atoms with Crippen LogP contribution in [0.4, 0.5) is 0 Å². The number of aromatic nitrogens is 2. The van der Waals surface area contributed by atoms with Gasteiger partial charge in [0.2, 0.25) is 0 Å². The summed E-state index contributed by atoms with van der Waals surface area (Å²) in [4.78, 5) is 24.3. The van der Waals surface area contributed by atoms with Gasteiger partial charge in [-0.05, 0) is 65.9 Å². The summed E-state index contributed by atoms with van der Waals surface area (Å²) in [5.41, 5.74) is 4.41. The fourth-order valence-corrected chi connectivity index (χ4v) is 4.98. The van der Waals surface area contributed by atoms with Crippen molar-refractivity contribution in [3.8, 4) is 0 Å². The van der Waals surface area contributed by atoms with Gasteiger partial charge in [0.25, 0.3) is 5.24 Å². The molecule has 3 aromatic rings. The quantitative estimate of drug-likeness (QED) is 0.317. The fraction of sp³-hybridized carbons (Fsp3) is 0.346. The van der Waals surface area contributed by atoms with Crippen LogP contribution in [0.2, 0.25) is 0 Å². The molecule has 3 rings (SSSR count). The predicted octanol–water partition coefficient (Wildman–Crippen LogP) is 4.74. The lowest BCUT2D eigenvalue weighted by atomic mass is 9.92. The summed E-state index contributed by atoms with van der Waals surface area (Å²) < 4.78 is 31.6. The zero-order valence-electron chi connectivity index (χ0n) is 20.5. The Hall–Kier alpha value is -2.97. The summed E-state index contributed by atoms with van der Waals surface area (Å²) in [6.07, 6.45) is 0. The van der Waals surface area contributed by atoms with Gasteiger partial charge in [-0.1, -0.05) is 51.1 Å². The summed E-state index contributed by atoms with van der Waals surface area (Å²) in [6, 6.07) is 13.3. The molecule has 1 aromatic heterocycles. The molecule has 0 fully saturated rings. The molecule has 0 atom stereocenters. The Morgan fingerprint density at radius 3 is 2.17 bits per heavy atom. The van der Waals surface area contributed by atoms with Gasteiger partial charge in [0.1, 0.15) is 12.3 Å². The third-order valence-electron chi connectivity index (χ3n) is 5.62. The Balaban J connectivity index is 1.73. The smallest absolute Gasteiger partial charge is 0.321 e. The van der Waals surface area contributed by atoms with Gasteiger partial charge >= 0.3 is 5.97 Å². The number of aryl methyl sites for hydroxylation is 2. The van der Waals surface area contributed by atoms with E-state index in [0.29, 0.717) is 12.2 Å². The van der Waals surface area contributed by atoms with Crippen molar-refractivity contribution in [2.24, 2.45) is 0 Å². The minimum absolute atomic E-state index is 0.0491. The number of hydrogen-bond acceptors (Lipinski definition) is 6. The number of rotatable bonds is 8. The van der Waals surface area contributed by atoms with E-state index in [9.17, 15) is 18.0 Å². The lowest BCUT2D eigenvalue weighted by Gasteiger charge is -2.16. The van der Waals surface area contributed by atoms with Gasteiger partial charge in [0, 0.05) is 5.41 Å². The van der Waals surface area contributed by atoms with E-state index < -0.39 is 26.8 Å². The minimum atomic E-state index is -3.76. The van der Waals surface area contributed by atoms with Crippen molar-refractivity contribution < 1.29 is 22.7 Å². The zero-order chi connectivity index (χ0) is 26.0. The monoisotopic (exact) mass is 516 g/mol. The third kappa shape index (κ3) is 6.58. The average Bonchev–Trinajstić information content (AvgIpc) is 3.20. The maximum absolute atomic E-state index is 12.4. The number of hydrogen-bond donors (Lipinski definition) is 0. The molecule has 0 aliphatic carbocycles. The van der Waals surface area contributed by atoms with Crippen LogP contribution in [-0.2, 0) is 37.9 Å². The summed E-state index contributed by atoms with van der Waals surface area (Å²) >= 11 is 5.81. The molecular formula is C26H29ClN2O5S. The van der Waals surface area contributed by atoms with Crippen molar-refractivity contribution in [3.63, 3.8) is 0 Å². The third-order valence-corrected chi connectivity index (χ3v) is 7.42. The molecule has 0 saturated carbocycles. The molecule has 9 heteroatoms. The van der Waals surface area contributed by atoms with Crippen LogP contribution in [0, 0.1) is 13.8 Å². The molecule has 186 valence electrons. The molecule has 2 aromatic carbocycles. The topological polar surface area (TPSA) is 95.3 Å². The van der Waals surface area contributed by atoms with Crippen LogP contribution >= 0.6 is 11.6 Å². The number of sulfone groups is 1. The standard InChI is InChI=1S/C26H29ClN2O5S/c1-17-11-19(15-34-24(30)16-35(32,33)20-9-7-6-8-10-20)12-18(2)21(17)14-29-22(25(27)31)13-23(28-29)26(3,4)5/h6-13H,14-16H2,1-5H3. The van der Waals surface area contributed by atoms with E-state index in [1.807, 2.05) is 46.8 Å². The van der Waals surface area contributed by atoms with Crippen molar-refractivity contribution in [1.29, 1.82) is 0 Å². The van der Waals surface area contributed by atoms with E-state index >= 15 is 0 Å². The SMILES string of the molecule is Cc1cc(COC(=O)CS(=O)(=O)c2ccccc2)cc(C)c1Cn1nc(C(C)(C)C)cc1C(=O)Cl. The number of esters is 1. The number of ether oxygens (including phenoxy) is 1. The van der Waals surface area contributed by atoms with E-state index in [1.54, 1.807) is 28.9 Å². The predicted molar refractivity (Wildman–Crippen MR) is 134 cm³/mol. The van der Waals surface area contributed by atoms with Crippen LogP contribution in [-0.4, -0.2) is 35.2 Å². The normalized spacial score (nSPS) is 11.9. The number of nitrogens with zero attached hydrogens (tertiary/aromatic N) is 2. The Bertz CT molecular complexity index is 1330. The largest absolute Gasteiger partial charge is 0.460 e. The molecule has 0 N–H and O–H groups in total. The molecular weight excluding hydrogens is 488 g/mol. The first kappa shape index (κ1) is 26.6. The number of carbonyl (C=O) groups excluding carboxylic acids is 2. The Morgan fingerprint density at radius 2 is 1.63 bits per heavy atom. The molecule has 0 aliphatic rings. The van der Waals surface area contributed by atoms with Gasteiger partial charge in [0.05, 0.1) is 17.1 Å². The minimum Gasteiger partial charge on any atom is -0.460 e. The fourth-order valence-electron chi connectivity index (χ4n) is 3.70. The zero-order valence-corrected chi connectivity index (χ0v) is 22.0. The molecule has 0 radical (unpaired) electrons. The number of benzene rings is 2. The van der Waals surface area contributed by atoms with Gasteiger partial charge in [-0.2, -0.15) is 5.10 Å². The van der Waals surface area contributed by atoms with E-state index in [2.05, 4.69) is 5.10 Å². The first-order chi connectivity index (χ1) is 16.3. The summed E-state index contributed by atoms with van der Waals surface area (Å²) in [7, 11) is -3.76. The van der Waals surface area contributed by atoms with Crippen molar-refractivity contribution in [1.82, 2.24) is 9.78 Å². The second-order valence-electron chi connectivity index (χ2n) is 9.54. The average molecular weight is 517 g/mol. The first-order valence-electron chi connectivity index (χ1n) is 11.1. The van der Waals surface area contributed by atoms with Crippen LogP contribution < -0.4 is 0 Å². The van der Waals surface area contributed by atoms with Crippen molar-refractivity contribution >= 4 is 32.6 Å². The van der Waals surface area contributed by atoms with Crippen LogP contribution in [0.5, 0.6) is 0 Å². The van der Waals surface area contributed by atoms with E-state index in [1.165, 1.54) is 12.1 Å². The summed E-state index contributed by atoms with van der Waals surface area (Å²) in [5, 5.41) is 4.03. The molecule has 7 nitrogen and oxygen atoms in total. The highest BCUT2D eigenvalue weighted by Crippen LogP contribution is 2.25. The summed E-state index contributed by atoms with van der Waals surface area (Å²) in [5.74, 6) is -1.54. The first-order valence-corrected chi connectivity index (χ1v) is 13.1. The molecule has 1 heterocycles. The Labute approximate surface area is 211 Å². The van der Waals surface area contributed by atoms with Crippen LogP contribution in [0.1, 0.15) is 59.2 Å². The number of halogens is 1. The maximum atomic E-state index is 12.4. The van der Waals surface area contributed by atoms with E-state index in [4.69, 9.17) is 16.3 Å². The molecule has 0 spiro atoms. The van der Waals surface area contributed by atoms with Crippen LogP contribution in [0.15, 0.2) is 53.4 Å². The Kier molecular flexibility index (Phi) is 7.87. The second kappa shape index (κ2) is 10.3. The van der Waals surface area contributed by atoms with E-state index in [0.717, 1.165) is 27.9 Å². The van der Waals surface area contributed by atoms with Gasteiger partial charge in [-0.15, -0.1) is 0 Å². The maximum Gasteiger partial charge on any atom is 0.321 e. The molecule has 0 saturated heterocycles. The van der Waals surface area contributed by atoms with Crippen LogP contribution in [0.25, 0.3) is 0 Å². The second-order valence-corrected chi connectivity index (χ2v) is 11.9. The van der Waals surface area contributed by atoms with Gasteiger partial charge < -0.3 is 4.74 Å². The molecule has 0 unspecified atom stereocenters. The Morgan fingerprint density at radius 1 is 1.03 bits per heavy atom. The van der Waals surface area contributed by atoms with E-state index in [-0.39, 0.29) is 16.9 Å². The lowest BCUT2D eigenvalue weighted by molar-refractivity contribution is -0.141. The molecule has 0 bridgehead atoms. The molecule has 0 aliphatic heterocycles. The highest BCUT2D eigenvalue weighted by molar-refractivity contribution is 7.92. The van der Waals surface area contributed by atoms with Gasteiger partial charge in [0.15, 0.2) is 15.6 Å². The van der Waals surface area contributed by atoms with Crippen molar-refractivity contribution in [2.75, 3.05) is 5.75 Å². The highest BCUT2D eigenvalue weighted by Gasteiger charge is 2.23. The molecule has 0 amide bonds. The molecule has 35 heavy (non-hydrogen) atoms. The van der Waals surface area contributed by atoms with Crippen LogP contribution in [0.3, 0.4) is 0 Å². The summed E-state index contributed by atoms with van der Waals surface area (Å²) in [6.45, 7) is 10.2. The lowest BCUT2D eigenvalue weighted by Crippen LogP contribution is -2.19. The van der Waals surface area contributed by atoms with Crippen molar-refractivity contribution in [3.05, 3.63) is 82.2 Å². The number of carbonyl (C=O) groups is 2. The van der Waals surface area contributed by atoms with Crippen molar-refractivity contribution in [2.45, 2.75) is 58.1 Å². The highest BCUT2D eigenvalue weighted by atomic mass is 35.5. The van der Waals surface area contributed by atoms with Gasteiger partial charge in [-0.25, -0.2) is 8.42 Å². The van der Waals surface area contributed by atoms with Gasteiger partial charge in [-0.3, -0.25) is 14.3 Å².